The number of allylic oxidation sites excluding steroid dienone is 3. The van der Waals surface area contributed by atoms with Crippen LogP contribution in [-0.2, 0) is 14.3 Å². The number of hydrogen-bond donors (Lipinski definition) is 1. The second-order valence-corrected chi connectivity index (χ2v) is 3.53. The summed E-state index contributed by atoms with van der Waals surface area (Å²) in [6, 6.07) is 0. The topological polar surface area (TPSA) is 63.6 Å². The number of aliphatic carboxylic acids is 1. The van der Waals surface area contributed by atoms with Crippen molar-refractivity contribution in [2.75, 3.05) is 6.61 Å². The number of carbonyl (C=O) groups excluding carboxylic acids is 1. The van der Waals surface area contributed by atoms with Crippen molar-refractivity contribution in [1.82, 2.24) is 0 Å². The first kappa shape index (κ1) is 13.0. The Morgan fingerprint density at radius 2 is 2.24 bits per heavy atom. The number of rotatable bonds is 4. The molecular formula is C13H14O4. The molecule has 0 bridgehead atoms. The lowest BCUT2D eigenvalue weighted by atomic mass is 9.94. The zero-order chi connectivity index (χ0) is 12.8. The Balaban J connectivity index is 2.74. The van der Waals surface area contributed by atoms with Crippen LogP contribution in [0.1, 0.15) is 13.3 Å². The lowest BCUT2D eigenvalue weighted by molar-refractivity contribution is -0.137. The molecule has 0 fully saturated rings. The van der Waals surface area contributed by atoms with Crippen molar-refractivity contribution in [1.29, 1.82) is 0 Å². The van der Waals surface area contributed by atoms with E-state index >= 15 is 0 Å². The highest BCUT2D eigenvalue weighted by molar-refractivity contribution is 5.97. The average molecular weight is 234 g/mol. The lowest BCUT2D eigenvalue weighted by Crippen LogP contribution is -2.14. The highest BCUT2D eigenvalue weighted by Crippen LogP contribution is 2.24. The zero-order valence-corrected chi connectivity index (χ0v) is 9.60. The summed E-state index contributed by atoms with van der Waals surface area (Å²) in [7, 11) is 0. The number of hydrogen-bond acceptors (Lipinski definition) is 3. The van der Waals surface area contributed by atoms with Gasteiger partial charge in [0, 0.05) is 12.0 Å². The number of carbonyl (C=O) groups is 2. The van der Waals surface area contributed by atoms with Gasteiger partial charge in [-0.15, -0.1) is 0 Å². The average Bonchev–Trinajstić information content (AvgIpc) is 2.28. The van der Waals surface area contributed by atoms with Crippen molar-refractivity contribution in [3.8, 4) is 0 Å². The van der Waals surface area contributed by atoms with E-state index in [4.69, 9.17) is 9.84 Å². The SMILES string of the molecule is C=C1CC(C(=O)O)=CC=C1C(=O)OCC=CC. The summed E-state index contributed by atoms with van der Waals surface area (Å²) < 4.78 is 4.96. The second kappa shape index (κ2) is 5.84. The molecule has 0 saturated carbocycles. The van der Waals surface area contributed by atoms with Crippen LogP contribution in [0.3, 0.4) is 0 Å². The van der Waals surface area contributed by atoms with E-state index in [-0.39, 0.29) is 18.6 Å². The van der Waals surface area contributed by atoms with Gasteiger partial charge in [0.2, 0.25) is 0 Å². The summed E-state index contributed by atoms with van der Waals surface area (Å²) in [5.74, 6) is -1.47. The largest absolute Gasteiger partial charge is 0.478 e. The van der Waals surface area contributed by atoms with E-state index in [1.807, 2.05) is 6.92 Å². The summed E-state index contributed by atoms with van der Waals surface area (Å²) in [5.41, 5.74) is 1.02. The maximum Gasteiger partial charge on any atom is 0.338 e. The van der Waals surface area contributed by atoms with E-state index in [2.05, 4.69) is 6.58 Å². The highest BCUT2D eigenvalue weighted by atomic mass is 16.5. The quantitative estimate of drug-likeness (QED) is 0.597. The third kappa shape index (κ3) is 3.45. The Morgan fingerprint density at radius 1 is 1.53 bits per heavy atom. The van der Waals surface area contributed by atoms with Gasteiger partial charge < -0.3 is 9.84 Å². The molecule has 90 valence electrons. The predicted molar refractivity (Wildman–Crippen MR) is 63.3 cm³/mol. The van der Waals surface area contributed by atoms with Gasteiger partial charge in [0.05, 0.1) is 5.57 Å². The van der Waals surface area contributed by atoms with Crippen LogP contribution in [0.15, 0.2) is 47.6 Å². The van der Waals surface area contributed by atoms with E-state index in [9.17, 15) is 9.59 Å². The molecule has 0 aromatic carbocycles. The van der Waals surface area contributed by atoms with Gasteiger partial charge in [-0.05, 0) is 18.6 Å². The van der Waals surface area contributed by atoms with Crippen LogP contribution in [0.5, 0.6) is 0 Å². The van der Waals surface area contributed by atoms with Crippen molar-refractivity contribution in [2.24, 2.45) is 0 Å². The minimum atomic E-state index is -0.997. The number of esters is 1. The molecule has 0 aromatic rings. The standard InChI is InChI=1S/C13H14O4/c1-3-4-7-17-13(16)11-6-5-10(12(14)15)8-9(11)2/h3-6H,2,7-8H2,1H3,(H,14,15). The fraction of sp³-hybridized carbons (Fsp3) is 0.231. The van der Waals surface area contributed by atoms with Gasteiger partial charge in [-0.1, -0.05) is 24.8 Å². The summed E-state index contributed by atoms with van der Waals surface area (Å²) in [6.07, 6.45) is 6.50. The van der Waals surface area contributed by atoms with Crippen molar-refractivity contribution < 1.29 is 19.4 Å². The molecule has 0 aliphatic heterocycles. The van der Waals surface area contributed by atoms with Crippen molar-refractivity contribution in [3.05, 3.63) is 47.6 Å². The van der Waals surface area contributed by atoms with E-state index in [1.54, 1.807) is 12.2 Å². The summed E-state index contributed by atoms with van der Waals surface area (Å²) in [4.78, 5) is 22.3. The van der Waals surface area contributed by atoms with Crippen LogP contribution in [-0.4, -0.2) is 23.7 Å². The molecule has 0 amide bonds. The second-order valence-electron chi connectivity index (χ2n) is 3.53. The van der Waals surface area contributed by atoms with Crippen LogP contribution in [0.4, 0.5) is 0 Å². The van der Waals surface area contributed by atoms with Gasteiger partial charge in [-0.2, -0.15) is 0 Å². The van der Waals surface area contributed by atoms with Crippen molar-refractivity contribution >= 4 is 11.9 Å². The first-order valence-corrected chi connectivity index (χ1v) is 5.16. The molecule has 0 heterocycles. The number of ether oxygens (including phenoxy) is 1. The molecule has 4 heteroatoms. The first-order valence-electron chi connectivity index (χ1n) is 5.16. The highest BCUT2D eigenvalue weighted by Gasteiger charge is 2.20. The minimum absolute atomic E-state index is 0.167. The normalized spacial score (nSPS) is 15.5. The van der Waals surface area contributed by atoms with Gasteiger partial charge in [-0.3, -0.25) is 0 Å². The van der Waals surface area contributed by atoms with Crippen LogP contribution < -0.4 is 0 Å². The summed E-state index contributed by atoms with van der Waals surface area (Å²) >= 11 is 0. The summed E-state index contributed by atoms with van der Waals surface area (Å²) in [6.45, 7) is 5.72. The first-order chi connectivity index (χ1) is 8.06. The lowest BCUT2D eigenvalue weighted by Gasteiger charge is -2.13. The molecule has 1 N–H and O–H groups in total. The molecule has 1 aliphatic rings. The van der Waals surface area contributed by atoms with Gasteiger partial charge in [0.1, 0.15) is 6.61 Å². The van der Waals surface area contributed by atoms with E-state index < -0.39 is 11.9 Å². The Kier molecular flexibility index (Phi) is 4.46. The summed E-state index contributed by atoms with van der Waals surface area (Å²) in [5, 5.41) is 8.79. The molecule has 0 unspecified atom stereocenters. The molecular weight excluding hydrogens is 220 g/mol. The van der Waals surface area contributed by atoms with Gasteiger partial charge in [-0.25, -0.2) is 9.59 Å². The van der Waals surface area contributed by atoms with E-state index in [0.29, 0.717) is 11.1 Å². The molecule has 17 heavy (non-hydrogen) atoms. The molecule has 0 radical (unpaired) electrons. The number of carboxylic acid groups (broad SMARTS) is 1. The Labute approximate surface area is 99.6 Å². The Morgan fingerprint density at radius 3 is 2.76 bits per heavy atom. The van der Waals surface area contributed by atoms with Crippen LogP contribution in [0.25, 0.3) is 0 Å². The molecule has 0 spiro atoms. The molecule has 0 atom stereocenters. The van der Waals surface area contributed by atoms with Crippen molar-refractivity contribution in [2.45, 2.75) is 13.3 Å². The van der Waals surface area contributed by atoms with E-state index in [0.717, 1.165) is 0 Å². The maximum absolute atomic E-state index is 11.6. The molecule has 0 saturated heterocycles. The molecule has 1 rings (SSSR count). The van der Waals surface area contributed by atoms with Crippen LogP contribution in [0, 0.1) is 0 Å². The Hall–Kier alpha value is -2.10. The van der Waals surface area contributed by atoms with Gasteiger partial charge in [0.25, 0.3) is 0 Å². The monoisotopic (exact) mass is 234 g/mol. The smallest absolute Gasteiger partial charge is 0.338 e. The fourth-order valence-corrected chi connectivity index (χ4v) is 1.34. The van der Waals surface area contributed by atoms with E-state index in [1.165, 1.54) is 12.2 Å². The van der Waals surface area contributed by atoms with Crippen LogP contribution in [0.2, 0.25) is 0 Å². The van der Waals surface area contributed by atoms with Gasteiger partial charge in [0.15, 0.2) is 0 Å². The van der Waals surface area contributed by atoms with Crippen LogP contribution >= 0.6 is 0 Å². The zero-order valence-electron chi connectivity index (χ0n) is 9.60. The molecule has 1 aliphatic carbocycles. The minimum Gasteiger partial charge on any atom is -0.478 e. The predicted octanol–water partition coefficient (Wildman–Crippen LogP) is 2.00. The fourth-order valence-electron chi connectivity index (χ4n) is 1.34. The number of carboxylic acids is 1. The third-order valence-corrected chi connectivity index (χ3v) is 2.28. The Bertz CT molecular complexity index is 438. The molecule has 4 nitrogen and oxygen atoms in total. The molecule has 0 aromatic heterocycles. The van der Waals surface area contributed by atoms with Crippen molar-refractivity contribution in [3.63, 3.8) is 0 Å². The maximum atomic E-state index is 11.6. The van der Waals surface area contributed by atoms with Gasteiger partial charge >= 0.3 is 11.9 Å². The third-order valence-electron chi connectivity index (χ3n) is 2.28.